The number of rotatable bonds is 5. The molecule has 0 bridgehead atoms. The Morgan fingerprint density at radius 2 is 1.39 bits per heavy atom. The monoisotopic (exact) mass is 331 g/mol. The third kappa shape index (κ3) is 3.47. The Kier molecular flexibility index (Phi) is 4.53. The summed E-state index contributed by atoms with van der Waals surface area (Å²) in [6, 6.07) is 20.5. The van der Waals surface area contributed by atoms with Crippen molar-refractivity contribution in [3.8, 4) is 0 Å². The van der Waals surface area contributed by atoms with Gasteiger partial charge in [-0.1, -0.05) is 60.7 Å². The van der Waals surface area contributed by atoms with Gasteiger partial charge in [0, 0.05) is 19.0 Å². The van der Waals surface area contributed by atoms with Gasteiger partial charge in [-0.2, -0.15) is 8.42 Å². The van der Waals surface area contributed by atoms with Crippen molar-refractivity contribution in [2.45, 2.75) is 18.2 Å². The zero-order valence-corrected chi connectivity index (χ0v) is 13.9. The van der Waals surface area contributed by atoms with Crippen LogP contribution in [0.2, 0.25) is 0 Å². The Morgan fingerprint density at radius 1 is 0.957 bits per heavy atom. The first-order chi connectivity index (χ1) is 11.0. The van der Waals surface area contributed by atoms with E-state index in [1.54, 1.807) is 6.92 Å². The Balaban J connectivity index is 1.82. The van der Waals surface area contributed by atoms with E-state index >= 15 is 0 Å². The van der Waals surface area contributed by atoms with Gasteiger partial charge in [0.1, 0.15) is 0 Å². The van der Waals surface area contributed by atoms with Crippen LogP contribution in [0, 0.1) is 5.92 Å². The van der Waals surface area contributed by atoms with Gasteiger partial charge in [0.25, 0.3) is 10.1 Å². The maximum atomic E-state index is 11.3. The Hall–Kier alpha value is -1.69. The second kappa shape index (κ2) is 6.43. The van der Waals surface area contributed by atoms with Crippen LogP contribution >= 0.6 is 0 Å². The molecule has 0 amide bonds. The van der Waals surface area contributed by atoms with E-state index in [-0.39, 0.29) is 12.0 Å². The molecule has 1 heterocycles. The van der Waals surface area contributed by atoms with E-state index in [1.807, 2.05) is 36.4 Å². The van der Waals surface area contributed by atoms with Crippen LogP contribution in [0.5, 0.6) is 0 Å². The van der Waals surface area contributed by atoms with Crippen molar-refractivity contribution in [2.75, 3.05) is 13.1 Å². The third-order valence-corrected chi connectivity index (χ3v) is 5.99. The van der Waals surface area contributed by atoms with E-state index in [4.69, 9.17) is 0 Å². The Labute approximate surface area is 137 Å². The molecule has 1 aliphatic heterocycles. The SMILES string of the molecule is CC(C1CN(C(c2ccccc2)c2ccccc2)C1)S(=O)(=O)O. The van der Waals surface area contributed by atoms with Crippen LogP contribution in [0.1, 0.15) is 24.1 Å². The number of hydrogen-bond acceptors (Lipinski definition) is 3. The highest BCUT2D eigenvalue weighted by atomic mass is 32.2. The fourth-order valence-electron chi connectivity index (χ4n) is 3.18. The predicted octanol–water partition coefficient (Wildman–Crippen LogP) is 2.98. The highest BCUT2D eigenvalue weighted by molar-refractivity contribution is 7.86. The van der Waals surface area contributed by atoms with Gasteiger partial charge in [0.15, 0.2) is 0 Å². The van der Waals surface area contributed by atoms with E-state index in [1.165, 1.54) is 11.1 Å². The molecule has 0 saturated carbocycles. The Bertz CT molecular complexity index is 701. The molecule has 1 aliphatic rings. The summed E-state index contributed by atoms with van der Waals surface area (Å²) in [5.74, 6) is -0.0278. The first-order valence-corrected chi connectivity index (χ1v) is 9.27. The zero-order chi connectivity index (χ0) is 16.4. The number of nitrogens with zero attached hydrogens (tertiary/aromatic N) is 1. The molecule has 1 N–H and O–H groups in total. The summed E-state index contributed by atoms with van der Waals surface area (Å²) < 4.78 is 31.9. The van der Waals surface area contributed by atoms with Crippen LogP contribution in [0.3, 0.4) is 0 Å². The van der Waals surface area contributed by atoms with Crippen molar-refractivity contribution in [1.82, 2.24) is 4.90 Å². The largest absolute Gasteiger partial charge is 0.292 e. The molecule has 0 aliphatic carbocycles. The molecule has 2 aromatic carbocycles. The molecule has 0 radical (unpaired) electrons. The molecule has 0 aromatic heterocycles. The van der Waals surface area contributed by atoms with Crippen LogP contribution in [0.4, 0.5) is 0 Å². The van der Waals surface area contributed by atoms with E-state index in [2.05, 4.69) is 29.2 Å². The molecule has 3 rings (SSSR count). The van der Waals surface area contributed by atoms with Crippen molar-refractivity contribution in [3.63, 3.8) is 0 Å². The average Bonchev–Trinajstić information content (AvgIpc) is 2.50. The van der Waals surface area contributed by atoms with E-state index in [0.717, 1.165) is 0 Å². The lowest BCUT2D eigenvalue weighted by Crippen LogP contribution is -2.54. The summed E-state index contributed by atoms with van der Waals surface area (Å²) in [6.45, 7) is 2.90. The van der Waals surface area contributed by atoms with Gasteiger partial charge in [0.05, 0.1) is 11.3 Å². The van der Waals surface area contributed by atoms with Crippen molar-refractivity contribution in [3.05, 3.63) is 71.8 Å². The minimum atomic E-state index is -3.97. The maximum Gasteiger partial charge on any atom is 0.267 e. The van der Waals surface area contributed by atoms with Gasteiger partial charge in [-0.05, 0) is 18.1 Å². The van der Waals surface area contributed by atoms with Crippen LogP contribution in [-0.2, 0) is 10.1 Å². The van der Waals surface area contributed by atoms with Gasteiger partial charge >= 0.3 is 0 Å². The van der Waals surface area contributed by atoms with Crippen LogP contribution in [-0.4, -0.2) is 36.2 Å². The molecule has 5 heteroatoms. The van der Waals surface area contributed by atoms with Crippen LogP contribution in [0.15, 0.2) is 60.7 Å². The molecule has 23 heavy (non-hydrogen) atoms. The number of benzene rings is 2. The van der Waals surface area contributed by atoms with E-state index < -0.39 is 15.4 Å². The van der Waals surface area contributed by atoms with Crippen LogP contribution in [0.25, 0.3) is 0 Å². The molecule has 122 valence electrons. The minimum absolute atomic E-state index is 0.0278. The highest BCUT2D eigenvalue weighted by Gasteiger charge is 2.40. The maximum absolute atomic E-state index is 11.3. The lowest BCUT2D eigenvalue weighted by Gasteiger charge is -2.46. The van der Waals surface area contributed by atoms with Crippen molar-refractivity contribution in [2.24, 2.45) is 5.92 Å². The molecular weight excluding hydrogens is 310 g/mol. The van der Waals surface area contributed by atoms with Gasteiger partial charge in [-0.3, -0.25) is 9.45 Å². The number of hydrogen-bond donors (Lipinski definition) is 1. The summed E-state index contributed by atoms with van der Waals surface area (Å²) in [4.78, 5) is 2.26. The fourth-order valence-corrected chi connectivity index (χ4v) is 3.84. The Morgan fingerprint density at radius 3 is 1.78 bits per heavy atom. The van der Waals surface area contributed by atoms with E-state index in [9.17, 15) is 13.0 Å². The molecule has 1 saturated heterocycles. The summed E-state index contributed by atoms with van der Waals surface area (Å²) in [5.41, 5.74) is 2.38. The lowest BCUT2D eigenvalue weighted by atomic mass is 9.89. The van der Waals surface area contributed by atoms with Gasteiger partial charge in [-0.25, -0.2) is 0 Å². The zero-order valence-electron chi connectivity index (χ0n) is 13.0. The first-order valence-electron chi connectivity index (χ1n) is 7.77. The van der Waals surface area contributed by atoms with Crippen molar-refractivity contribution < 1.29 is 13.0 Å². The molecule has 1 unspecified atom stereocenters. The number of likely N-dealkylation sites (tertiary alicyclic amines) is 1. The van der Waals surface area contributed by atoms with E-state index in [0.29, 0.717) is 13.1 Å². The predicted molar refractivity (Wildman–Crippen MR) is 90.8 cm³/mol. The summed E-state index contributed by atoms with van der Waals surface area (Å²) in [5, 5.41) is -0.717. The molecule has 0 spiro atoms. The van der Waals surface area contributed by atoms with Crippen molar-refractivity contribution >= 4 is 10.1 Å². The summed E-state index contributed by atoms with van der Waals surface area (Å²) >= 11 is 0. The standard InChI is InChI=1S/C18H21NO3S/c1-14(23(20,21)22)17-12-19(13-17)18(15-8-4-2-5-9-15)16-10-6-3-7-11-16/h2-11,14,17-18H,12-13H2,1H3,(H,20,21,22). The summed E-state index contributed by atoms with van der Waals surface area (Å²) in [7, 11) is -3.97. The van der Waals surface area contributed by atoms with Crippen LogP contribution < -0.4 is 0 Å². The van der Waals surface area contributed by atoms with Gasteiger partial charge in [-0.15, -0.1) is 0 Å². The molecule has 1 fully saturated rings. The van der Waals surface area contributed by atoms with Crippen molar-refractivity contribution in [1.29, 1.82) is 0 Å². The van der Waals surface area contributed by atoms with Gasteiger partial charge in [0.2, 0.25) is 0 Å². The minimum Gasteiger partial charge on any atom is -0.292 e. The average molecular weight is 331 g/mol. The first kappa shape index (κ1) is 16.2. The second-order valence-electron chi connectivity index (χ2n) is 6.16. The highest BCUT2D eigenvalue weighted by Crippen LogP contribution is 2.36. The quantitative estimate of drug-likeness (QED) is 0.856. The molecule has 4 nitrogen and oxygen atoms in total. The van der Waals surface area contributed by atoms with Gasteiger partial charge < -0.3 is 0 Å². The fraction of sp³-hybridized carbons (Fsp3) is 0.333. The molecule has 1 atom stereocenters. The summed E-state index contributed by atoms with van der Waals surface area (Å²) in [6.07, 6.45) is 0. The normalized spacial score (nSPS) is 17.9. The third-order valence-electron chi connectivity index (χ3n) is 4.67. The smallest absolute Gasteiger partial charge is 0.267 e. The second-order valence-corrected chi connectivity index (χ2v) is 7.93. The lowest BCUT2D eigenvalue weighted by molar-refractivity contribution is 0.0669. The topological polar surface area (TPSA) is 57.6 Å². The molecular formula is C18H21NO3S. The molecule has 2 aromatic rings.